The monoisotopic (exact) mass is 186 g/mol. The predicted molar refractivity (Wildman–Crippen MR) is 52.2 cm³/mol. The van der Waals surface area contributed by atoms with Gasteiger partial charge in [0.25, 0.3) is 5.56 Å². The molecule has 0 amide bonds. The Labute approximate surface area is 80.9 Å². The molecule has 1 heterocycles. The lowest BCUT2D eigenvalue weighted by atomic mass is 10.3. The lowest BCUT2D eigenvalue weighted by Crippen LogP contribution is -2.15. The fourth-order valence-corrected chi connectivity index (χ4v) is 1.25. The minimum Gasteiger partial charge on any atom is -0.290 e. The molecule has 2 rings (SSSR count). The quantitative estimate of drug-likeness (QED) is 0.671. The highest BCUT2D eigenvalue weighted by Gasteiger charge is 1.97. The van der Waals surface area contributed by atoms with Crippen molar-refractivity contribution in [2.45, 2.75) is 0 Å². The largest absolute Gasteiger partial charge is 0.290 e. The van der Waals surface area contributed by atoms with E-state index in [2.05, 4.69) is 0 Å². The summed E-state index contributed by atoms with van der Waals surface area (Å²) in [7, 11) is 0. The van der Waals surface area contributed by atoms with Crippen LogP contribution in [0.25, 0.3) is 5.69 Å². The topological polar surface area (TPSA) is 41.9 Å². The predicted octanol–water partition coefficient (Wildman–Crippen LogP) is 1.98. The third kappa shape index (κ3) is 1.52. The zero-order valence-corrected chi connectivity index (χ0v) is 7.38. The second-order valence-electron chi connectivity index (χ2n) is 2.90. The molecule has 0 atom stereocenters. The molecule has 0 N–H and O–H groups in total. The van der Waals surface area contributed by atoms with E-state index in [1.165, 1.54) is 22.8 Å². The van der Waals surface area contributed by atoms with E-state index in [0.29, 0.717) is 5.69 Å². The normalized spacial score (nSPS) is 10.0. The van der Waals surface area contributed by atoms with Crippen molar-refractivity contribution in [3.8, 4) is 11.4 Å². The van der Waals surface area contributed by atoms with Gasteiger partial charge in [-0.2, -0.15) is 0 Å². The molecule has 1 aromatic carbocycles. The molecule has 1 aromatic heterocycles. The first-order chi connectivity index (χ1) is 6.77. The van der Waals surface area contributed by atoms with E-state index in [1.54, 1.807) is 30.5 Å². The number of aromatic nitrogens is 1. The lowest BCUT2D eigenvalue weighted by Gasteiger charge is -2.03. The Morgan fingerprint density at radius 3 is 2.29 bits per heavy atom. The van der Waals surface area contributed by atoms with Crippen molar-refractivity contribution in [1.82, 2.24) is 4.57 Å². The molecule has 0 aliphatic heterocycles. The van der Waals surface area contributed by atoms with E-state index in [9.17, 15) is 9.90 Å². The Kier molecular flexibility index (Phi) is 2.07. The maximum absolute atomic E-state index is 11.4. The molecule has 1 radical (unpaired) electrons. The van der Waals surface area contributed by atoms with Gasteiger partial charge in [-0.15, -0.1) is 0 Å². The Balaban J connectivity index is 2.56. The van der Waals surface area contributed by atoms with Gasteiger partial charge in [0, 0.05) is 18.0 Å². The molecule has 2 aromatic rings. The number of benzene rings is 1. The van der Waals surface area contributed by atoms with Crippen molar-refractivity contribution in [3.05, 3.63) is 59.0 Å². The van der Waals surface area contributed by atoms with Gasteiger partial charge in [0.2, 0.25) is 0 Å². The Bertz CT molecular complexity index is 485. The maximum Gasteiger partial charge on any atom is 0.255 e. The maximum atomic E-state index is 11.4. The van der Waals surface area contributed by atoms with E-state index in [-0.39, 0.29) is 11.3 Å². The van der Waals surface area contributed by atoms with Crippen molar-refractivity contribution in [2.75, 3.05) is 0 Å². The Morgan fingerprint density at radius 1 is 0.929 bits per heavy atom. The zero-order valence-electron chi connectivity index (χ0n) is 7.38. The molecule has 0 aliphatic carbocycles. The highest BCUT2D eigenvalue weighted by molar-refractivity contribution is 5.36. The number of pyridine rings is 1. The number of hydrogen-bond acceptors (Lipinski definition) is 1. The standard InChI is InChI=1S/C11H8NO2/c13-10-6-4-9(5-7-10)12-8-2-1-3-11(12)14/h1-8H. The van der Waals surface area contributed by atoms with Gasteiger partial charge in [-0.3, -0.25) is 14.5 Å². The first kappa shape index (κ1) is 8.56. The molecule has 0 aliphatic rings. The van der Waals surface area contributed by atoms with E-state index < -0.39 is 0 Å². The molecule has 0 unspecified atom stereocenters. The van der Waals surface area contributed by atoms with Crippen LogP contribution >= 0.6 is 0 Å². The molecule has 3 nitrogen and oxygen atoms in total. The molecule has 69 valence electrons. The minimum absolute atomic E-state index is 0.0577. The van der Waals surface area contributed by atoms with E-state index >= 15 is 0 Å². The van der Waals surface area contributed by atoms with Gasteiger partial charge in [0.15, 0.2) is 5.75 Å². The fraction of sp³-hybridized carbons (Fsp3) is 0. The van der Waals surface area contributed by atoms with Crippen LogP contribution in [0, 0.1) is 0 Å². The zero-order chi connectivity index (χ0) is 9.97. The molecular weight excluding hydrogens is 178 g/mol. The summed E-state index contributed by atoms with van der Waals surface area (Å²) in [5.74, 6) is -0.0577. The van der Waals surface area contributed by atoms with Crippen LogP contribution in [0.2, 0.25) is 0 Å². The van der Waals surface area contributed by atoms with Crippen LogP contribution in [0.15, 0.2) is 53.5 Å². The number of hydrogen-bond donors (Lipinski definition) is 0. The summed E-state index contributed by atoms with van der Waals surface area (Å²) in [4.78, 5) is 11.4. The van der Waals surface area contributed by atoms with Gasteiger partial charge in [-0.05, 0) is 30.3 Å². The second kappa shape index (κ2) is 3.38. The molecule has 0 spiro atoms. The van der Waals surface area contributed by atoms with Crippen molar-refractivity contribution >= 4 is 0 Å². The molecular formula is C11H8NO2. The number of nitrogens with zero attached hydrogens (tertiary/aromatic N) is 1. The van der Waals surface area contributed by atoms with Gasteiger partial charge in [-0.1, -0.05) is 6.07 Å². The third-order valence-electron chi connectivity index (χ3n) is 1.94. The van der Waals surface area contributed by atoms with Gasteiger partial charge in [0.1, 0.15) is 0 Å². The highest BCUT2D eigenvalue weighted by atomic mass is 16.3. The van der Waals surface area contributed by atoms with Crippen molar-refractivity contribution < 1.29 is 5.11 Å². The highest BCUT2D eigenvalue weighted by Crippen LogP contribution is 2.12. The van der Waals surface area contributed by atoms with E-state index in [1.807, 2.05) is 0 Å². The third-order valence-corrected chi connectivity index (χ3v) is 1.94. The summed E-state index contributed by atoms with van der Waals surface area (Å²) in [6, 6.07) is 11.1. The first-order valence-corrected chi connectivity index (χ1v) is 4.22. The molecule has 3 heteroatoms. The summed E-state index contributed by atoms with van der Waals surface area (Å²) in [6.07, 6.45) is 1.67. The van der Waals surface area contributed by atoms with Gasteiger partial charge in [0.05, 0.1) is 0 Å². The summed E-state index contributed by atoms with van der Waals surface area (Å²) >= 11 is 0. The van der Waals surface area contributed by atoms with Gasteiger partial charge in [-0.25, -0.2) is 0 Å². The average molecular weight is 186 g/mol. The fourth-order valence-electron chi connectivity index (χ4n) is 1.25. The van der Waals surface area contributed by atoms with Crippen LogP contribution in [-0.4, -0.2) is 4.57 Å². The van der Waals surface area contributed by atoms with Crippen LogP contribution in [0.3, 0.4) is 0 Å². The average Bonchev–Trinajstić information content (AvgIpc) is 2.20. The summed E-state index contributed by atoms with van der Waals surface area (Å²) in [5.41, 5.74) is 0.598. The summed E-state index contributed by atoms with van der Waals surface area (Å²) < 4.78 is 1.49. The first-order valence-electron chi connectivity index (χ1n) is 4.22. The van der Waals surface area contributed by atoms with Crippen molar-refractivity contribution in [2.24, 2.45) is 0 Å². The van der Waals surface area contributed by atoms with Crippen LogP contribution in [0.5, 0.6) is 5.75 Å². The van der Waals surface area contributed by atoms with Crippen LogP contribution in [0.4, 0.5) is 0 Å². The van der Waals surface area contributed by atoms with Crippen LogP contribution < -0.4 is 5.56 Å². The number of rotatable bonds is 1. The Morgan fingerprint density at radius 2 is 1.64 bits per heavy atom. The van der Waals surface area contributed by atoms with Gasteiger partial charge < -0.3 is 0 Å². The smallest absolute Gasteiger partial charge is 0.255 e. The molecule has 14 heavy (non-hydrogen) atoms. The molecule has 0 saturated carbocycles. The SMILES string of the molecule is [O]c1ccc(-n2ccccc2=O)cc1. The lowest BCUT2D eigenvalue weighted by molar-refractivity contribution is 0.355. The van der Waals surface area contributed by atoms with Gasteiger partial charge >= 0.3 is 0 Å². The van der Waals surface area contributed by atoms with E-state index in [4.69, 9.17) is 0 Å². The molecule has 0 saturated heterocycles. The van der Waals surface area contributed by atoms with Crippen molar-refractivity contribution in [1.29, 1.82) is 0 Å². The minimum atomic E-state index is -0.105. The molecule has 0 bridgehead atoms. The van der Waals surface area contributed by atoms with E-state index in [0.717, 1.165) is 0 Å². The van der Waals surface area contributed by atoms with Crippen LogP contribution in [-0.2, 0) is 5.11 Å². The van der Waals surface area contributed by atoms with Crippen molar-refractivity contribution in [3.63, 3.8) is 0 Å². The summed E-state index contributed by atoms with van der Waals surface area (Å²) in [5, 5.41) is 10.9. The Hall–Kier alpha value is -2.03. The second-order valence-corrected chi connectivity index (χ2v) is 2.90. The van der Waals surface area contributed by atoms with Crippen LogP contribution in [0.1, 0.15) is 0 Å². The molecule has 0 fully saturated rings. The summed E-state index contributed by atoms with van der Waals surface area (Å²) in [6.45, 7) is 0.